The Kier molecular flexibility index (Phi) is 4.09. The molecule has 3 atom stereocenters. The van der Waals surface area contributed by atoms with Crippen LogP contribution in [-0.4, -0.2) is 11.7 Å². The van der Waals surface area contributed by atoms with Gasteiger partial charge in [0.05, 0.1) is 0 Å². The molecule has 0 radical (unpaired) electrons. The highest BCUT2D eigenvalue weighted by atomic mass is 16.2. The maximum absolute atomic E-state index is 12.4. The molecule has 2 bridgehead atoms. The lowest BCUT2D eigenvalue weighted by molar-refractivity contribution is -0.137. The van der Waals surface area contributed by atoms with E-state index in [-0.39, 0.29) is 23.7 Å². The summed E-state index contributed by atoms with van der Waals surface area (Å²) in [6.07, 6.45) is 4.64. The Hall–Kier alpha value is -1.64. The zero-order valence-electron chi connectivity index (χ0n) is 12.6. The van der Waals surface area contributed by atoms with E-state index in [9.17, 15) is 9.59 Å². The molecule has 1 unspecified atom stereocenters. The number of carbonyl (C=O) groups is 2. The molecule has 0 heterocycles. The first kappa shape index (κ1) is 14.3. The van der Waals surface area contributed by atoms with Gasteiger partial charge in [0.1, 0.15) is 5.78 Å². The molecule has 1 amide bonds. The molecule has 1 aromatic rings. The van der Waals surface area contributed by atoms with Gasteiger partial charge in [0.2, 0.25) is 5.91 Å². The fourth-order valence-corrected chi connectivity index (χ4v) is 3.73. The molecule has 3 rings (SSSR count). The Morgan fingerprint density at radius 3 is 2.38 bits per heavy atom. The number of Topliss-reactive ketones (excluding diaryl/α,β-unsaturated/α-hetero) is 1. The van der Waals surface area contributed by atoms with E-state index in [4.69, 9.17) is 0 Å². The Morgan fingerprint density at radius 2 is 1.76 bits per heavy atom. The second-order valence-corrected chi connectivity index (χ2v) is 6.60. The minimum atomic E-state index is 0.0310. The third kappa shape index (κ3) is 3.17. The molecular formula is C18H23NO2. The van der Waals surface area contributed by atoms with Crippen LogP contribution in [-0.2, 0) is 16.1 Å². The molecule has 1 N–H and O–H groups in total. The Bertz CT molecular complexity index is 519. The van der Waals surface area contributed by atoms with E-state index in [0.717, 1.165) is 37.7 Å². The quantitative estimate of drug-likeness (QED) is 0.928. The van der Waals surface area contributed by atoms with Crippen LogP contribution in [0.3, 0.4) is 0 Å². The van der Waals surface area contributed by atoms with Crippen LogP contribution in [0.5, 0.6) is 0 Å². The van der Waals surface area contributed by atoms with E-state index in [1.807, 2.05) is 0 Å². The summed E-state index contributed by atoms with van der Waals surface area (Å²) < 4.78 is 0. The maximum Gasteiger partial charge on any atom is 0.223 e. The van der Waals surface area contributed by atoms with E-state index in [2.05, 4.69) is 36.5 Å². The number of rotatable bonds is 3. The van der Waals surface area contributed by atoms with Crippen molar-refractivity contribution in [2.75, 3.05) is 0 Å². The van der Waals surface area contributed by atoms with Gasteiger partial charge in [-0.15, -0.1) is 0 Å². The Morgan fingerprint density at radius 1 is 1.14 bits per heavy atom. The first-order valence-corrected chi connectivity index (χ1v) is 8.00. The first-order valence-electron chi connectivity index (χ1n) is 8.00. The summed E-state index contributed by atoms with van der Waals surface area (Å²) in [5.41, 5.74) is 2.35. The van der Waals surface area contributed by atoms with Gasteiger partial charge in [-0.25, -0.2) is 0 Å². The second-order valence-electron chi connectivity index (χ2n) is 6.60. The Balaban J connectivity index is 1.56. The molecule has 0 saturated heterocycles. The largest absolute Gasteiger partial charge is 0.352 e. The Labute approximate surface area is 126 Å². The number of hydrogen-bond acceptors (Lipinski definition) is 2. The summed E-state index contributed by atoms with van der Waals surface area (Å²) in [4.78, 5) is 24.4. The summed E-state index contributed by atoms with van der Waals surface area (Å²) >= 11 is 0. The van der Waals surface area contributed by atoms with Gasteiger partial charge in [-0.1, -0.05) is 36.2 Å². The summed E-state index contributed by atoms with van der Waals surface area (Å²) in [6, 6.07) is 8.22. The van der Waals surface area contributed by atoms with Gasteiger partial charge in [0.25, 0.3) is 0 Å². The predicted octanol–water partition coefficient (Wildman–Crippen LogP) is 3.01. The number of amides is 1. The van der Waals surface area contributed by atoms with Crippen LogP contribution in [0.4, 0.5) is 0 Å². The molecule has 0 aliphatic heterocycles. The number of benzene rings is 1. The molecule has 2 aliphatic carbocycles. The van der Waals surface area contributed by atoms with E-state index >= 15 is 0 Å². The molecule has 2 aliphatic rings. The van der Waals surface area contributed by atoms with Gasteiger partial charge >= 0.3 is 0 Å². The maximum atomic E-state index is 12.4. The highest BCUT2D eigenvalue weighted by Crippen LogP contribution is 2.40. The normalized spacial score (nSPS) is 28.2. The van der Waals surface area contributed by atoms with Crippen LogP contribution < -0.4 is 5.32 Å². The number of hydrogen-bond donors (Lipinski definition) is 1. The number of fused-ring (bicyclic) bond motifs is 2. The SMILES string of the molecule is Cc1ccc(CNC(=O)C2C[C@H]3CCC[C@@H](C2)C3=O)cc1. The van der Waals surface area contributed by atoms with Gasteiger partial charge in [0.15, 0.2) is 0 Å². The lowest BCUT2D eigenvalue weighted by Gasteiger charge is -2.36. The molecule has 3 heteroatoms. The van der Waals surface area contributed by atoms with E-state index < -0.39 is 0 Å². The molecule has 0 aromatic heterocycles. The zero-order chi connectivity index (χ0) is 14.8. The van der Waals surface area contributed by atoms with E-state index in [1.54, 1.807) is 0 Å². The highest BCUT2D eigenvalue weighted by Gasteiger charge is 2.41. The number of carbonyl (C=O) groups excluding carboxylic acids is 2. The molecule has 3 nitrogen and oxygen atoms in total. The lowest BCUT2D eigenvalue weighted by atomic mass is 9.67. The van der Waals surface area contributed by atoms with Crippen LogP contribution in [0.1, 0.15) is 43.2 Å². The minimum Gasteiger partial charge on any atom is -0.352 e. The van der Waals surface area contributed by atoms with Crippen molar-refractivity contribution in [2.24, 2.45) is 17.8 Å². The summed E-state index contributed by atoms with van der Waals surface area (Å²) in [7, 11) is 0. The van der Waals surface area contributed by atoms with Crippen molar-refractivity contribution < 1.29 is 9.59 Å². The zero-order valence-corrected chi connectivity index (χ0v) is 12.6. The van der Waals surface area contributed by atoms with Crippen LogP contribution in [0, 0.1) is 24.7 Å². The first-order chi connectivity index (χ1) is 10.1. The smallest absolute Gasteiger partial charge is 0.223 e. The molecule has 112 valence electrons. The summed E-state index contributed by atoms with van der Waals surface area (Å²) in [5.74, 6) is 0.868. The van der Waals surface area contributed by atoms with Crippen molar-refractivity contribution in [1.29, 1.82) is 0 Å². The van der Waals surface area contributed by atoms with Crippen molar-refractivity contribution in [2.45, 2.75) is 45.6 Å². The molecule has 21 heavy (non-hydrogen) atoms. The molecule has 2 fully saturated rings. The fourth-order valence-electron chi connectivity index (χ4n) is 3.73. The van der Waals surface area contributed by atoms with E-state index in [0.29, 0.717) is 12.3 Å². The van der Waals surface area contributed by atoms with Crippen LogP contribution in [0.25, 0.3) is 0 Å². The van der Waals surface area contributed by atoms with Crippen molar-refractivity contribution in [3.05, 3.63) is 35.4 Å². The molecular weight excluding hydrogens is 262 g/mol. The van der Waals surface area contributed by atoms with Gasteiger partial charge in [-0.2, -0.15) is 0 Å². The summed E-state index contributed by atoms with van der Waals surface area (Å²) in [5, 5.41) is 3.04. The van der Waals surface area contributed by atoms with Crippen molar-refractivity contribution >= 4 is 11.7 Å². The number of nitrogens with one attached hydrogen (secondary N) is 1. The van der Waals surface area contributed by atoms with Gasteiger partial charge < -0.3 is 5.32 Å². The molecule has 0 spiro atoms. The third-order valence-electron chi connectivity index (χ3n) is 5.01. The third-order valence-corrected chi connectivity index (χ3v) is 5.01. The average molecular weight is 285 g/mol. The van der Waals surface area contributed by atoms with Gasteiger partial charge in [0, 0.05) is 24.3 Å². The van der Waals surface area contributed by atoms with Crippen LogP contribution in [0.15, 0.2) is 24.3 Å². The van der Waals surface area contributed by atoms with Gasteiger partial charge in [-0.05, 0) is 38.2 Å². The number of ketones is 1. The number of aryl methyl sites for hydroxylation is 1. The average Bonchev–Trinajstić information content (AvgIpc) is 2.46. The van der Waals surface area contributed by atoms with Crippen molar-refractivity contribution in [3.8, 4) is 0 Å². The highest BCUT2D eigenvalue weighted by molar-refractivity contribution is 5.88. The summed E-state index contributed by atoms with van der Waals surface area (Å²) in [6.45, 7) is 2.64. The lowest BCUT2D eigenvalue weighted by Crippen LogP contribution is -2.42. The van der Waals surface area contributed by atoms with Crippen LogP contribution in [0.2, 0.25) is 0 Å². The fraction of sp³-hybridized carbons (Fsp3) is 0.556. The second kappa shape index (κ2) is 6.00. The molecule has 1 aromatic carbocycles. The standard InChI is InChI=1S/C18H23NO2/c1-12-5-7-13(8-6-12)11-19-18(21)16-9-14-3-2-4-15(10-16)17(14)20/h5-8,14-16H,2-4,9-11H2,1H3,(H,19,21)/t14-,15+,16?. The minimum absolute atomic E-state index is 0.0310. The predicted molar refractivity (Wildman–Crippen MR) is 81.6 cm³/mol. The van der Waals surface area contributed by atoms with Gasteiger partial charge in [-0.3, -0.25) is 9.59 Å². The monoisotopic (exact) mass is 285 g/mol. The van der Waals surface area contributed by atoms with Crippen LogP contribution >= 0.6 is 0 Å². The van der Waals surface area contributed by atoms with Crippen molar-refractivity contribution in [3.63, 3.8) is 0 Å². The molecule has 2 saturated carbocycles. The topological polar surface area (TPSA) is 46.2 Å². The van der Waals surface area contributed by atoms with E-state index in [1.165, 1.54) is 5.56 Å². The van der Waals surface area contributed by atoms with Crippen molar-refractivity contribution in [1.82, 2.24) is 5.32 Å².